The molecule has 4 nitrogen and oxygen atoms in total. The Morgan fingerprint density at radius 3 is 3.00 bits per heavy atom. The van der Waals surface area contributed by atoms with E-state index in [4.69, 9.17) is 4.74 Å². The molecular weight excluding hydrogens is 262 g/mol. The molecule has 0 bridgehead atoms. The predicted molar refractivity (Wildman–Crippen MR) is 74.3 cm³/mol. The zero-order valence-electron chi connectivity index (χ0n) is 11.5. The van der Waals surface area contributed by atoms with Gasteiger partial charge < -0.3 is 10.1 Å². The van der Waals surface area contributed by atoms with Crippen LogP contribution in [0.15, 0.2) is 21.5 Å². The molecule has 0 radical (unpaired) electrons. The van der Waals surface area contributed by atoms with Gasteiger partial charge in [0.2, 0.25) is 0 Å². The van der Waals surface area contributed by atoms with Crippen molar-refractivity contribution in [2.45, 2.75) is 51.2 Å². The van der Waals surface area contributed by atoms with Gasteiger partial charge in [-0.3, -0.25) is 0 Å². The first-order valence-corrected chi connectivity index (χ1v) is 8.54. The van der Waals surface area contributed by atoms with Crippen molar-refractivity contribution >= 4 is 9.84 Å². The van der Waals surface area contributed by atoms with Crippen molar-refractivity contribution in [3.63, 3.8) is 0 Å². The first-order valence-electron chi connectivity index (χ1n) is 7.06. The largest absolute Gasteiger partial charge is 0.370 e. The van der Waals surface area contributed by atoms with Crippen LogP contribution in [0.2, 0.25) is 0 Å². The molecule has 0 aromatic heterocycles. The number of rotatable bonds is 1. The summed E-state index contributed by atoms with van der Waals surface area (Å²) in [7, 11) is -3.19. The lowest BCUT2D eigenvalue weighted by molar-refractivity contribution is -0.0499. The zero-order chi connectivity index (χ0) is 13.7. The number of nitrogens with one attached hydrogen (secondary N) is 1. The van der Waals surface area contributed by atoms with Gasteiger partial charge in [0.1, 0.15) is 0 Å². The summed E-state index contributed by atoms with van der Waals surface area (Å²) in [5.41, 5.74) is 0.575. The SMILES string of the molecule is CCC1=CC2=C(CCOC23CCNC(C)C3)S1(=O)=O. The predicted octanol–water partition coefficient (Wildman–Crippen LogP) is 1.89. The van der Waals surface area contributed by atoms with E-state index >= 15 is 0 Å². The van der Waals surface area contributed by atoms with Crippen molar-refractivity contribution in [2.75, 3.05) is 13.2 Å². The standard InChI is InChI=1S/C14H21NO3S/c1-3-11-8-12-13(19(11,16)17)4-7-18-14(12)5-6-15-10(2)9-14/h8,10,15H,3-7,9H2,1-2H3. The second-order valence-corrected chi connectivity index (χ2v) is 7.73. The van der Waals surface area contributed by atoms with E-state index in [0.29, 0.717) is 35.3 Å². The molecule has 1 N–H and O–H groups in total. The molecule has 0 saturated carbocycles. The van der Waals surface area contributed by atoms with E-state index in [1.54, 1.807) is 0 Å². The van der Waals surface area contributed by atoms with E-state index in [-0.39, 0.29) is 5.60 Å². The van der Waals surface area contributed by atoms with Crippen LogP contribution >= 0.6 is 0 Å². The van der Waals surface area contributed by atoms with E-state index in [2.05, 4.69) is 12.2 Å². The average Bonchev–Trinajstić information content (AvgIpc) is 2.62. The summed E-state index contributed by atoms with van der Waals surface area (Å²) in [6, 6.07) is 0.363. The van der Waals surface area contributed by atoms with Gasteiger partial charge in [0.15, 0.2) is 9.84 Å². The molecule has 5 heteroatoms. The van der Waals surface area contributed by atoms with Gasteiger partial charge in [0.25, 0.3) is 0 Å². The van der Waals surface area contributed by atoms with Crippen molar-refractivity contribution < 1.29 is 13.2 Å². The first-order chi connectivity index (χ1) is 8.99. The molecule has 1 spiro atoms. The second-order valence-electron chi connectivity index (χ2n) is 5.71. The fourth-order valence-electron chi connectivity index (χ4n) is 3.55. The maximum Gasteiger partial charge on any atom is 0.199 e. The molecule has 19 heavy (non-hydrogen) atoms. The number of ether oxygens (including phenoxy) is 1. The lowest BCUT2D eigenvalue weighted by atomic mass is 9.79. The Balaban J connectivity index is 2.09. The summed E-state index contributed by atoms with van der Waals surface area (Å²) in [4.78, 5) is 1.19. The van der Waals surface area contributed by atoms with Crippen LogP contribution in [0.5, 0.6) is 0 Å². The highest BCUT2D eigenvalue weighted by Crippen LogP contribution is 2.47. The highest BCUT2D eigenvalue weighted by atomic mass is 32.2. The van der Waals surface area contributed by atoms with Crippen LogP contribution in [0.4, 0.5) is 0 Å². The summed E-state index contributed by atoms with van der Waals surface area (Å²) in [6.07, 6.45) is 4.70. The summed E-state index contributed by atoms with van der Waals surface area (Å²) < 4.78 is 31.0. The number of hydrogen-bond acceptors (Lipinski definition) is 4. The highest BCUT2D eigenvalue weighted by molar-refractivity contribution is 7.99. The number of piperidine rings is 1. The van der Waals surface area contributed by atoms with Gasteiger partial charge in [-0.15, -0.1) is 0 Å². The smallest absolute Gasteiger partial charge is 0.199 e. The maximum absolute atomic E-state index is 12.5. The Labute approximate surface area is 114 Å². The van der Waals surface area contributed by atoms with Gasteiger partial charge in [-0.25, -0.2) is 8.42 Å². The third kappa shape index (κ3) is 1.90. The minimum atomic E-state index is -3.19. The van der Waals surface area contributed by atoms with Gasteiger partial charge in [-0.1, -0.05) is 6.92 Å². The highest BCUT2D eigenvalue weighted by Gasteiger charge is 2.47. The lowest BCUT2D eigenvalue weighted by Gasteiger charge is -2.43. The van der Waals surface area contributed by atoms with Crippen LogP contribution in [-0.4, -0.2) is 33.2 Å². The molecule has 2 unspecified atom stereocenters. The first kappa shape index (κ1) is 13.3. The van der Waals surface area contributed by atoms with Crippen LogP contribution < -0.4 is 5.32 Å². The van der Waals surface area contributed by atoms with Gasteiger partial charge >= 0.3 is 0 Å². The fourth-order valence-corrected chi connectivity index (χ4v) is 5.41. The van der Waals surface area contributed by atoms with E-state index in [1.807, 2.05) is 13.0 Å². The molecule has 3 aliphatic rings. The Morgan fingerprint density at radius 2 is 2.32 bits per heavy atom. The Kier molecular flexibility index (Phi) is 3.11. The van der Waals surface area contributed by atoms with Crippen molar-refractivity contribution in [1.82, 2.24) is 5.32 Å². The van der Waals surface area contributed by atoms with Gasteiger partial charge in [0, 0.05) is 17.4 Å². The molecule has 3 aliphatic heterocycles. The van der Waals surface area contributed by atoms with Gasteiger partial charge in [-0.2, -0.15) is 0 Å². The van der Waals surface area contributed by atoms with Crippen LogP contribution in [0.1, 0.15) is 39.5 Å². The number of allylic oxidation sites excluding steroid dienone is 1. The normalized spacial score (nSPS) is 37.4. The van der Waals surface area contributed by atoms with Crippen LogP contribution in [0, 0.1) is 0 Å². The summed E-state index contributed by atoms with van der Waals surface area (Å²) in [5, 5.41) is 3.41. The molecule has 1 fully saturated rings. The number of fused-ring (bicyclic) bond motifs is 1. The molecule has 2 atom stereocenters. The number of hydrogen-bond donors (Lipinski definition) is 1. The van der Waals surface area contributed by atoms with E-state index < -0.39 is 9.84 Å². The third-order valence-electron chi connectivity index (χ3n) is 4.48. The second kappa shape index (κ2) is 4.43. The Hall–Kier alpha value is -0.650. The van der Waals surface area contributed by atoms with E-state index in [9.17, 15) is 8.42 Å². The lowest BCUT2D eigenvalue weighted by Crippen LogP contribution is -2.50. The van der Waals surface area contributed by atoms with Crippen molar-refractivity contribution in [2.24, 2.45) is 0 Å². The Bertz CT molecular complexity index is 561. The quantitative estimate of drug-likeness (QED) is 0.798. The fraction of sp³-hybridized carbons (Fsp3) is 0.714. The zero-order valence-corrected chi connectivity index (χ0v) is 12.3. The molecule has 1 saturated heterocycles. The Morgan fingerprint density at radius 1 is 1.53 bits per heavy atom. The average molecular weight is 283 g/mol. The van der Waals surface area contributed by atoms with Crippen molar-refractivity contribution in [1.29, 1.82) is 0 Å². The van der Waals surface area contributed by atoms with E-state index in [1.165, 1.54) is 0 Å². The molecule has 106 valence electrons. The van der Waals surface area contributed by atoms with Crippen LogP contribution in [0.25, 0.3) is 0 Å². The molecule has 0 aromatic rings. The van der Waals surface area contributed by atoms with Crippen molar-refractivity contribution in [3.8, 4) is 0 Å². The van der Waals surface area contributed by atoms with E-state index in [0.717, 1.165) is 25.0 Å². The molecule has 0 aliphatic carbocycles. The number of sulfone groups is 1. The van der Waals surface area contributed by atoms with Gasteiger partial charge in [0.05, 0.1) is 17.1 Å². The molecule has 0 aromatic carbocycles. The molecular formula is C14H21NO3S. The molecule has 3 rings (SSSR count). The van der Waals surface area contributed by atoms with Gasteiger partial charge in [-0.05, 0) is 44.4 Å². The molecule has 0 amide bonds. The summed E-state index contributed by atoms with van der Waals surface area (Å²) in [6.45, 7) is 5.44. The van der Waals surface area contributed by atoms with Crippen molar-refractivity contribution in [3.05, 3.63) is 21.5 Å². The minimum absolute atomic E-state index is 0.363. The minimum Gasteiger partial charge on any atom is -0.370 e. The topological polar surface area (TPSA) is 55.4 Å². The van der Waals surface area contributed by atoms with Crippen LogP contribution in [-0.2, 0) is 14.6 Å². The van der Waals surface area contributed by atoms with Crippen LogP contribution in [0.3, 0.4) is 0 Å². The monoisotopic (exact) mass is 283 g/mol. The maximum atomic E-state index is 12.5. The summed E-state index contributed by atoms with van der Waals surface area (Å²) in [5.74, 6) is 0. The molecule has 3 heterocycles. The third-order valence-corrected chi connectivity index (χ3v) is 6.65. The summed E-state index contributed by atoms with van der Waals surface area (Å²) >= 11 is 0.